The monoisotopic (exact) mass is 708 g/mol. The van der Waals surface area contributed by atoms with E-state index in [1.54, 1.807) is 0 Å². The molecular weight excluding hydrogens is 664 g/mol. The molecule has 0 bridgehead atoms. The number of carbonyl (C=O) groups excluding carboxylic acids is 7. The highest BCUT2D eigenvalue weighted by molar-refractivity contribution is 6.69. The Kier molecular flexibility index (Phi) is 14.9. The first-order valence-electron chi connectivity index (χ1n) is 15.0. The van der Waals surface area contributed by atoms with Crippen molar-refractivity contribution in [3.63, 3.8) is 0 Å². The number of carbonyl (C=O) groups is 7. The number of ether oxygens (including phenoxy) is 10. The van der Waals surface area contributed by atoms with Gasteiger partial charge in [-0.1, -0.05) is 0 Å². The third-order valence-electron chi connectivity index (χ3n) is 6.36. The Labute approximate surface area is 278 Å². The summed E-state index contributed by atoms with van der Waals surface area (Å²) in [6.45, 7) is 12.1. The SMILES string of the molecule is CC(=O)OCC1OC(OC(C)=O)[C@@H](OC(C)=O)C(OC(C)=O)[C@@H]1O[C@@H]1OC(COC(C)=O)[C@H](O[Si](C)(C)C)C(OC(C)=O)[C@@H]1OC(C)=O. The summed E-state index contributed by atoms with van der Waals surface area (Å²) in [5, 5.41) is 0. The lowest BCUT2D eigenvalue weighted by Crippen LogP contribution is -2.67. The maximum Gasteiger partial charge on any atom is 0.305 e. The van der Waals surface area contributed by atoms with E-state index in [1.165, 1.54) is 0 Å². The van der Waals surface area contributed by atoms with Crippen molar-refractivity contribution < 1.29 is 85.4 Å². The van der Waals surface area contributed by atoms with Crippen LogP contribution in [0.25, 0.3) is 0 Å². The van der Waals surface area contributed by atoms with Crippen molar-refractivity contribution >= 4 is 50.1 Å². The van der Waals surface area contributed by atoms with Crippen LogP contribution in [-0.4, -0.2) is 125 Å². The molecule has 0 saturated carbocycles. The number of rotatable bonds is 13. The number of hydrogen-bond acceptors (Lipinski definition) is 18. The molecule has 18 nitrogen and oxygen atoms in total. The molecule has 10 atom stereocenters. The van der Waals surface area contributed by atoms with Crippen molar-refractivity contribution in [2.45, 2.75) is 130 Å². The average Bonchev–Trinajstić information content (AvgIpc) is 2.90. The van der Waals surface area contributed by atoms with Crippen LogP contribution in [0.4, 0.5) is 0 Å². The summed E-state index contributed by atoms with van der Waals surface area (Å²) in [6, 6.07) is 0. The van der Waals surface area contributed by atoms with Gasteiger partial charge in [-0.2, -0.15) is 0 Å². The van der Waals surface area contributed by atoms with Gasteiger partial charge in [0.05, 0.1) is 0 Å². The van der Waals surface area contributed by atoms with E-state index in [9.17, 15) is 33.6 Å². The zero-order valence-corrected chi connectivity index (χ0v) is 29.5. The molecule has 5 unspecified atom stereocenters. The van der Waals surface area contributed by atoms with Crippen molar-refractivity contribution in [1.29, 1.82) is 0 Å². The predicted molar refractivity (Wildman–Crippen MR) is 158 cm³/mol. The van der Waals surface area contributed by atoms with Crippen LogP contribution >= 0.6 is 0 Å². The summed E-state index contributed by atoms with van der Waals surface area (Å²) in [5.41, 5.74) is 0. The summed E-state index contributed by atoms with van der Waals surface area (Å²) in [7, 11) is -2.49. The zero-order chi connectivity index (χ0) is 36.5. The molecule has 0 aromatic carbocycles. The summed E-state index contributed by atoms with van der Waals surface area (Å²) >= 11 is 0. The van der Waals surface area contributed by atoms with Crippen LogP contribution in [0.3, 0.4) is 0 Å². The van der Waals surface area contributed by atoms with Crippen LogP contribution in [0.15, 0.2) is 0 Å². The van der Waals surface area contributed by atoms with Gasteiger partial charge in [0, 0.05) is 48.5 Å². The van der Waals surface area contributed by atoms with E-state index in [0.717, 1.165) is 48.5 Å². The smallest absolute Gasteiger partial charge is 0.305 e. The minimum Gasteiger partial charge on any atom is -0.463 e. The molecule has 0 aromatic rings. The topological polar surface area (TPSA) is 221 Å². The van der Waals surface area contributed by atoms with E-state index in [4.69, 9.17) is 51.8 Å². The van der Waals surface area contributed by atoms with Crippen molar-refractivity contribution in [2.75, 3.05) is 13.2 Å². The molecule has 0 aliphatic carbocycles. The maximum absolute atomic E-state index is 12.4. The number of hydrogen-bond donors (Lipinski definition) is 0. The molecule has 0 N–H and O–H groups in total. The largest absolute Gasteiger partial charge is 0.463 e. The summed E-state index contributed by atoms with van der Waals surface area (Å²) in [6.07, 6.45) is -14.9. The van der Waals surface area contributed by atoms with E-state index < -0.39 is 125 Å². The highest BCUT2D eigenvalue weighted by Gasteiger charge is 2.58. The van der Waals surface area contributed by atoms with Crippen LogP contribution in [-0.2, 0) is 85.4 Å². The molecule has 0 spiro atoms. The molecule has 2 rings (SSSR count). The first-order valence-corrected chi connectivity index (χ1v) is 18.4. The van der Waals surface area contributed by atoms with Gasteiger partial charge in [-0.05, 0) is 19.6 Å². The summed E-state index contributed by atoms with van der Waals surface area (Å²) < 4.78 is 62.3. The van der Waals surface area contributed by atoms with Gasteiger partial charge in [0.25, 0.3) is 0 Å². The van der Waals surface area contributed by atoms with Crippen molar-refractivity contribution in [2.24, 2.45) is 0 Å². The maximum atomic E-state index is 12.4. The Morgan fingerprint density at radius 3 is 1.21 bits per heavy atom. The van der Waals surface area contributed by atoms with Crippen LogP contribution in [0.2, 0.25) is 19.6 Å². The average molecular weight is 709 g/mol. The van der Waals surface area contributed by atoms with E-state index in [1.807, 2.05) is 19.6 Å². The van der Waals surface area contributed by atoms with Crippen LogP contribution in [0.5, 0.6) is 0 Å². The van der Waals surface area contributed by atoms with Gasteiger partial charge < -0.3 is 51.8 Å². The van der Waals surface area contributed by atoms with Gasteiger partial charge in [0.1, 0.15) is 37.6 Å². The molecule has 19 heteroatoms. The molecule has 0 amide bonds. The Morgan fingerprint density at radius 1 is 0.458 bits per heavy atom. The van der Waals surface area contributed by atoms with Gasteiger partial charge in [0.2, 0.25) is 12.4 Å². The highest BCUT2D eigenvalue weighted by atomic mass is 28.4. The summed E-state index contributed by atoms with van der Waals surface area (Å²) in [4.78, 5) is 84.9. The molecule has 48 heavy (non-hydrogen) atoms. The molecule has 2 aliphatic rings. The van der Waals surface area contributed by atoms with Crippen molar-refractivity contribution in [3.05, 3.63) is 0 Å². The Balaban J connectivity index is 2.75. The first kappa shape index (κ1) is 40.5. The van der Waals surface area contributed by atoms with E-state index in [0.29, 0.717) is 0 Å². The van der Waals surface area contributed by atoms with Crippen molar-refractivity contribution in [1.82, 2.24) is 0 Å². The molecule has 2 aliphatic heterocycles. The number of esters is 7. The lowest BCUT2D eigenvalue weighted by Gasteiger charge is -2.49. The van der Waals surface area contributed by atoms with Gasteiger partial charge in [-0.25, -0.2) is 0 Å². The second-order valence-corrected chi connectivity index (χ2v) is 16.4. The summed E-state index contributed by atoms with van der Waals surface area (Å²) in [5.74, 6) is -5.70. The third kappa shape index (κ3) is 12.8. The third-order valence-corrected chi connectivity index (χ3v) is 7.33. The Bertz CT molecular complexity index is 1200. The molecule has 0 aromatic heterocycles. The van der Waals surface area contributed by atoms with Crippen LogP contribution in [0.1, 0.15) is 48.5 Å². The molecular formula is C29H44O18Si. The first-order chi connectivity index (χ1) is 22.2. The quantitative estimate of drug-likeness (QED) is 0.144. The minimum atomic E-state index is -2.49. The molecule has 272 valence electrons. The van der Waals surface area contributed by atoms with Crippen LogP contribution < -0.4 is 0 Å². The van der Waals surface area contributed by atoms with Gasteiger partial charge in [0.15, 0.2) is 32.9 Å². The molecule has 2 fully saturated rings. The lowest BCUT2D eigenvalue weighted by molar-refractivity contribution is -0.356. The fraction of sp³-hybridized carbons (Fsp3) is 0.759. The Morgan fingerprint density at radius 2 is 0.812 bits per heavy atom. The van der Waals surface area contributed by atoms with E-state index in [-0.39, 0.29) is 0 Å². The van der Waals surface area contributed by atoms with Gasteiger partial charge in [-0.15, -0.1) is 0 Å². The molecule has 0 radical (unpaired) electrons. The second-order valence-electron chi connectivity index (χ2n) is 11.9. The zero-order valence-electron chi connectivity index (χ0n) is 28.5. The van der Waals surface area contributed by atoms with Crippen molar-refractivity contribution in [3.8, 4) is 0 Å². The lowest BCUT2D eigenvalue weighted by atomic mass is 9.96. The fourth-order valence-corrected chi connectivity index (χ4v) is 6.05. The van der Waals surface area contributed by atoms with Gasteiger partial charge >= 0.3 is 41.8 Å². The standard InChI is InChI=1S/C29H44O18Si/c1-13(30)37-11-20-22(24(39-15(3)32)26(41-17(5)34)28(44-20)43-19(7)36)46-29-27(42-18(6)35)25(40-16(4)33)23(47-48(8,9)10)21(45-29)12-38-14(2)31/h20-29H,11-12H2,1-10H3/t20?,21?,22-,23+,24?,25?,26+,27+,28?,29+/m1/s1. The van der Waals surface area contributed by atoms with E-state index >= 15 is 0 Å². The molecule has 2 saturated heterocycles. The highest BCUT2D eigenvalue weighted by Crippen LogP contribution is 2.36. The second kappa shape index (κ2) is 17.7. The predicted octanol–water partition coefficient (Wildman–Crippen LogP) is 0.458. The Hall–Kier alpha value is -3.65. The van der Waals surface area contributed by atoms with Gasteiger partial charge in [-0.3, -0.25) is 33.6 Å². The molecule has 2 heterocycles. The fourth-order valence-electron chi connectivity index (χ4n) is 4.95. The minimum absolute atomic E-state index is 0.426. The van der Waals surface area contributed by atoms with E-state index in [2.05, 4.69) is 0 Å². The normalized spacial score (nSPS) is 30.2. The van der Waals surface area contributed by atoms with Crippen LogP contribution in [0, 0.1) is 0 Å².